The fourth-order valence-electron chi connectivity index (χ4n) is 6.41. The lowest BCUT2D eigenvalue weighted by Gasteiger charge is -2.32. The summed E-state index contributed by atoms with van der Waals surface area (Å²) < 4.78 is 0. The second kappa shape index (κ2) is 17.5. The highest BCUT2D eigenvalue weighted by Gasteiger charge is 2.44. The van der Waals surface area contributed by atoms with Gasteiger partial charge in [0.2, 0.25) is 41.4 Å². The zero-order valence-corrected chi connectivity index (χ0v) is 29.5. The first-order valence-corrected chi connectivity index (χ1v) is 18.4. The summed E-state index contributed by atoms with van der Waals surface area (Å²) in [5.41, 5.74) is 0.677. The molecule has 0 radical (unpaired) electrons. The number of nitrogens with zero attached hydrogens (tertiary/aromatic N) is 2. The molecule has 268 valence electrons. The highest BCUT2D eigenvalue weighted by Crippen LogP contribution is 2.23. The normalized spacial score (nSPS) is 27.4. The number of carbonyl (C=O) groups excluding carboxylic acids is 7. The van der Waals surface area contributed by atoms with Crippen molar-refractivity contribution in [3.05, 3.63) is 35.9 Å². The van der Waals surface area contributed by atoms with E-state index in [0.717, 1.165) is 6.42 Å². The monoisotopic (exact) mass is 699 g/mol. The molecule has 3 saturated heterocycles. The molecule has 15 heteroatoms. The van der Waals surface area contributed by atoms with Gasteiger partial charge in [0.1, 0.15) is 24.2 Å². The van der Waals surface area contributed by atoms with Crippen molar-refractivity contribution in [2.75, 3.05) is 31.6 Å². The van der Waals surface area contributed by atoms with Gasteiger partial charge in [-0.2, -0.15) is 11.8 Å². The molecular weight excluding hydrogens is 650 g/mol. The molecule has 3 aliphatic rings. The van der Waals surface area contributed by atoms with Gasteiger partial charge in [-0.05, 0) is 49.7 Å². The lowest BCUT2D eigenvalue weighted by atomic mass is 10.0. The van der Waals surface area contributed by atoms with E-state index in [9.17, 15) is 33.6 Å². The lowest BCUT2D eigenvalue weighted by Crippen LogP contribution is -2.59. The first-order valence-electron chi connectivity index (χ1n) is 17.0. The molecule has 3 fully saturated rings. The van der Waals surface area contributed by atoms with Crippen LogP contribution < -0.4 is 26.6 Å². The zero-order chi connectivity index (χ0) is 35.7. The fraction of sp³-hybridized carbons (Fsp3) is 0.618. The third-order valence-corrected chi connectivity index (χ3v) is 9.83. The molecule has 0 spiro atoms. The van der Waals surface area contributed by atoms with Crippen LogP contribution in [-0.4, -0.2) is 113 Å². The second-order valence-electron chi connectivity index (χ2n) is 13.3. The minimum atomic E-state index is -1.03. The minimum absolute atomic E-state index is 0.00763. The Bertz CT molecular complexity index is 1390. The SMILES string of the molecule is CSCC[C@@H]1NC(=O)C[C@@H](c2ccccc2)NC(=O)[C@H](C)NC(=O)[C@@H]2C[C@H](NC(=O)CCN3CCCC3=O)CN2C(=O)[C@H](C(C)C)NC1=O. The second-order valence-corrected chi connectivity index (χ2v) is 14.3. The van der Waals surface area contributed by atoms with Crippen LogP contribution in [0.15, 0.2) is 30.3 Å². The molecule has 3 heterocycles. The molecule has 7 amide bonds. The van der Waals surface area contributed by atoms with Gasteiger partial charge in [-0.25, -0.2) is 0 Å². The number of carbonyl (C=O) groups is 7. The molecule has 1 aromatic rings. The van der Waals surface area contributed by atoms with Gasteiger partial charge in [0, 0.05) is 38.5 Å². The molecule has 1 aromatic carbocycles. The highest BCUT2D eigenvalue weighted by molar-refractivity contribution is 7.98. The van der Waals surface area contributed by atoms with E-state index in [0.29, 0.717) is 30.7 Å². The van der Waals surface area contributed by atoms with Crippen molar-refractivity contribution >= 4 is 53.1 Å². The van der Waals surface area contributed by atoms with Crippen LogP contribution >= 0.6 is 11.8 Å². The van der Waals surface area contributed by atoms with Crippen molar-refractivity contribution in [2.45, 2.75) is 95.5 Å². The highest BCUT2D eigenvalue weighted by atomic mass is 32.2. The smallest absolute Gasteiger partial charge is 0.246 e. The van der Waals surface area contributed by atoms with Gasteiger partial charge < -0.3 is 36.4 Å². The maximum absolute atomic E-state index is 14.2. The maximum Gasteiger partial charge on any atom is 0.246 e. The van der Waals surface area contributed by atoms with Crippen LogP contribution in [0.4, 0.5) is 0 Å². The number of benzene rings is 1. The fourth-order valence-corrected chi connectivity index (χ4v) is 6.88. The van der Waals surface area contributed by atoms with Crippen LogP contribution in [0.1, 0.15) is 70.9 Å². The summed E-state index contributed by atoms with van der Waals surface area (Å²) in [5, 5.41) is 14.2. The molecule has 0 aliphatic carbocycles. The number of amides is 7. The minimum Gasteiger partial charge on any atom is -0.351 e. The average molecular weight is 700 g/mol. The van der Waals surface area contributed by atoms with Crippen molar-refractivity contribution < 1.29 is 33.6 Å². The Morgan fingerprint density at radius 1 is 0.980 bits per heavy atom. The van der Waals surface area contributed by atoms with E-state index in [1.165, 1.54) is 23.6 Å². The molecular formula is C34H49N7O7S. The summed E-state index contributed by atoms with van der Waals surface area (Å²) in [6, 6.07) is 3.61. The number of thioether (sulfide) groups is 1. The van der Waals surface area contributed by atoms with E-state index in [1.54, 1.807) is 43.0 Å². The molecule has 0 bridgehead atoms. The Morgan fingerprint density at radius 2 is 1.71 bits per heavy atom. The van der Waals surface area contributed by atoms with Crippen LogP contribution in [0.2, 0.25) is 0 Å². The molecule has 3 aliphatic heterocycles. The third-order valence-electron chi connectivity index (χ3n) is 9.18. The maximum atomic E-state index is 14.2. The number of likely N-dealkylation sites (tertiary alicyclic amines) is 1. The van der Waals surface area contributed by atoms with Gasteiger partial charge >= 0.3 is 0 Å². The standard InChI is InChI=1S/C34H49N7O7S/c1-20(2)30-34(48)41-19-23(36-27(42)12-15-40-14-8-11-29(40)44)17-26(41)33(47)35-21(3)31(45)38-25(22-9-6-5-7-10-22)18-28(43)37-24(13-16-49-4)32(46)39-30/h5-7,9-10,20-21,23-26,30H,8,11-19H2,1-4H3,(H,35,47)(H,36,42)(H,37,43)(H,38,45)(H,39,46)/t21-,23-,24-,25-,26-,30-/m0/s1. The van der Waals surface area contributed by atoms with E-state index in [2.05, 4.69) is 26.6 Å². The summed E-state index contributed by atoms with van der Waals surface area (Å²) in [6.45, 7) is 5.98. The number of fused-ring (bicyclic) bond motifs is 1. The first kappa shape index (κ1) is 37.7. The van der Waals surface area contributed by atoms with E-state index in [-0.39, 0.29) is 50.1 Å². The quantitative estimate of drug-likeness (QED) is 0.243. The predicted molar refractivity (Wildman–Crippen MR) is 184 cm³/mol. The van der Waals surface area contributed by atoms with Crippen LogP contribution in [-0.2, 0) is 33.6 Å². The van der Waals surface area contributed by atoms with Gasteiger partial charge in [-0.1, -0.05) is 44.2 Å². The Balaban J connectivity index is 1.61. The van der Waals surface area contributed by atoms with Crippen molar-refractivity contribution in [3.63, 3.8) is 0 Å². The Hall–Kier alpha value is -4.14. The van der Waals surface area contributed by atoms with Gasteiger partial charge in [0.15, 0.2) is 0 Å². The Kier molecular flexibility index (Phi) is 13.5. The number of nitrogens with one attached hydrogen (secondary N) is 5. The number of hydrogen-bond acceptors (Lipinski definition) is 8. The summed E-state index contributed by atoms with van der Waals surface area (Å²) >= 11 is 1.51. The number of rotatable bonds is 9. The predicted octanol–water partition coefficient (Wildman–Crippen LogP) is 0.229. The van der Waals surface area contributed by atoms with Gasteiger partial charge in [-0.15, -0.1) is 0 Å². The van der Waals surface area contributed by atoms with E-state index in [4.69, 9.17) is 0 Å². The van der Waals surface area contributed by atoms with E-state index >= 15 is 0 Å². The number of hydrogen-bond donors (Lipinski definition) is 5. The van der Waals surface area contributed by atoms with Crippen LogP contribution in [0, 0.1) is 5.92 Å². The van der Waals surface area contributed by atoms with E-state index in [1.807, 2.05) is 12.3 Å². The van der Waals surface area contributed by atoms with Crippen molar-refractivity contribution in [2.24, 2.45) is 5.92 Å². The molecule has 6 atom stereocenters. The summed E-state index contributed by atoms with van der Waals surface area (Å²) in [5.74, 6) is -2.72. The topological polar surface area (TPSA) is 186 Å². The summed E-state index contributed by atoms with van der Waals surface area (Å²) in [7, 11) is 0. The van der Waals surface area contributed by atoms with Crippen molar-refractivity contribution in [3.8, 4) is 0 Å². The van der Waals surface area contributed by atoms with Crippen LogP contribution in [0.25, 0.3) is 0 Å². The molecule has 0 aromatic heterocycles. The van der Waals surface area contributed by atoms with Crippen LogP contribution in [0.5, 0.6) is 0 Å². The molecule has 4 rings (SSSR count). The lowest BCUT2D eigenvalue weighted by molar-refractivity contribution is -0.143. The van der Waals surface area contributed by atoms with Crippen molar-refractivity contribution in [1.29, 1.82) is 0 Å². The van der Waals surface area contributed by atoms with Gasteiger partial charge in [-0.3, -0.25) is 33.6 Å². The first-order chi connectivity index (χ1) is 23.4. The molecule has 0 unspecified atom stereocenters. The summed E-state index contributed by atoms with van der Waals surface area (Å²) in [4.78, 5) is 96.3. The van der Waals surface area contributed by atoms with Gasteiger partial charge in [0.25, 0.3) is 0 Å². The van der Waals surface area contributed by atoms with E-state index < -0.39 is 65.8 Å². The molecule has 14 nitrogen and oxygen atoms in total. The van der Waals surface area contributed by atoms with Crippen LogP contribution in [0.3, 0.4) is 0 Å². The Morgan fingerprint density at radius 3 is 2.37 bits per heavy atom. The van der Waals surface area contributed by atoms with Crippen molar-refractivity contribution in [1.82, 2.24) is 36.4 Å². The summed E-state index contributed by atoms with van der Waals surface area (Å²) in [6.07, 6.45) is 3.45. The average Bonchev–Trinajstić information content (AvgIpc) is 3.69. The molecule has 5 N–H and O–H groups in total. The zero-order valence-electron chi connectivity index (χ0n) is 28.7. The Labute approximate surface area is 291 Å². The van der Waals surface area contributed by atoms with Gasteiger partial charge in [0.05, 0.1) is 12.5 Å². The molecule has 49 heavy (non-hydrogen) atoms. The third kappa shape index (κ3) is 10.2. The largest absolute Gasteiger partial charge is 0.351 e. The molecule has 0 saturated carbocycles.